The van der Waals surface area contributed by atoms with Gasteiger partial charge >= 0.3 is 0 Å². The maximum Gasteiger partial charge on any atom is 0.262 e. The van der Waals surface area contributed by atoms with E-state index < -0.39 is 17.5 Å². The number of nitrogens with two attached hydrogens (primary N) is 1. The first-order chi connectivity index (χ1) is 9.95. The van der Waals surface area contributed by atoms with Gasteiger partial charge in [-0.05, 0) is 36.8 Å². The van der Waals surface area contributed by atoms with Gasteiger partial charge in [0.25, 0.3) is 5.91 Å². The maximum absolute atomic E-state index is 13.3. The summed E-state index contributed by atoms with van der Waals surface area (Å²) in [7, 11) is 0. The number of benzene rings is 2. The van der Waals surface area contributed by atoms with Gasteiger partial charge in [-0.15, -0.1) is 0 Å². The Balaban J connectivity index is 1.95. The number of hydrogen-bond acceptors (Lipinski definition) is 3. The van der Waals surface area contributed by atoms with Gasteiger partial charge in [-0.1, -0.05) is 6.07 Å². The molecule has 6 heteroatoms. The molecule has 21 heavy (non-hydrogen) atoms. The SMILES string of the molecule is Cc1ccc(OCC(=O)Nc2cc(F)ccc2N)cc1F. The fraction of sp³-hybridized carbons (Fsp3) is 0.133. The molecule has 0 unspecified atom stereocenters. The van der Waals surface area contributed by atoms with E-state index in [0.29, 0.717) is 5.56 Å². The predicted molar refractivity (Wildman–Crippen MR) is 76.1 cm³/mol. The normalized spacial score (nSPS) is 10.2. The number of anilines is 2. The molecule has 0 heterocycles. The number of carbonyl (C=O) groups is 1. The maximum atomic E-state index is 13.3. The van der Waals surface area contributed by atoms with Crippen molar-refractivity contribution in [3.63, 3.8) is 0 Å². The van der Waals surface area contributed by atoms with Gasteiger partial charge in [0.1, 0.15) is 17.4 Å². The zero-order valence-corrected chi connectivity index (χ0v) is 11.3. The van der Waals surface area contributed by atoms with Crippen molar-refractivity contribution in [1.29, 1.82) is 0 Å². The highest BCUT2D eigenvalue weighted by molar-refractivity contribution is 5.94. The van der Waals surface area contributed by atoms with E-state index in [0.717, 1.165) is 6.07 Å². The van der Waals surface area contributed by atoms with Gasteiger partial charge in [0.05, 0.1) is 11.4 Å². The lowest BCUT2D eigenvalue weighted by atomic mass is 10.2. The van der Waals surface area contributed by atoms with Crippen LogP contribution in [0.3, 0.4) is 0 Å². The van der Waals surface area contributed by atoms with Crippen molar-refractivity contribution in [2.24, 2.45) is 0 Å². The van der Waals surface area contributed by atoms with Crippen molar-refractivity contribution in [2.45, 2.75) is 6.92 Å². The van der Waals surface area contributed by atoms with Crippen LogP contribution in [0.4, 0.5) is 20.2 Å². The van der Waals surface area contributed by atoms with Crippen molar-refractivity contribution >= 4 is 17.3 Å². The van der Waals surface area contributed by atoms with Crippen LogP contribution < -0.4 is 15.8 Å². The summed E-state index contributed by atoms with van der Waals surface area (Å²) in [5.41, 5.74) is 6.50. The van der Waals surface area contributed by atoms with E-state index in [1.165, 1.54) is 18.2 Å². The molecule has 0 aliphatic rings. The Morgan fingerprint density at radius 2 is 2.00 bits per heavy atom. The Morgan fingerprint density at radius 1 is 1.24 bits per heavy atom. The minimum Gasteiger partial charge on any atom is -0.484 e. The molecule has 0 aromatic heterocycles. The molecule has 0 saturated heterocycles. The number of nitrogen functional groups attached to an aromatic ring is 1. The summed E-state index contributed by atoms with van der Waals surface area (Å²) >= 11 is 0. The Morgan fingerprint density at radius 3 is 2.71 bits per heavy atom. The van der Waals surface area contributed by atoms with Crippen molar-refractivity contribution in [1.82, 2.24) is 0 Å². The summed E-state index contributed by atoms with van der Waals surface area (Å²) in [5, 5.41) is 2.42. The number of carbonyl (C=O) groups excluding carboxylic acids is 1. The van der Waals surface area contributed by atoms with Gasteiger partial charge in [0.15, 0.2) is 6.61 Å². The lowest BCUT2D eigenvalue weighted by molar-refractivity contribution is -0.118. The summed E-state index contributed by atoms with van der Waals surface area (Å²) in [4.78, 5) is 11.7. The molecular formula is C15H14F2N2O2. The van der Waals surface area contributed by atoms with E-state index in [9.17, 15) is 13.6 Å². The molecule has 2 aromatic carbocycles. The third-order valence-electron chi connectivity index (χ3n) is 2.80. The Kier molecular flexibility index (Phi) is 4.37. The van der Waals surface area contributed by atoms with Crippen LogP contribution in [0.15, 0.2) is 36.4 Å². The fourth-order valence-electron chi connectivity index (χ4n) is 1.64. The van der Waals surface area contributed by atoms with Gasteiger partial charge < -0.3 is 15.8 Å². The lowest BCUT2D eigenvalue weighted by Crippen LogP contribution is -2.21. The Bertz CT molecular complexity index is 675. The second kappa shape index (κ2) is 6.21. The van der Waals surface area contributed by atoms with Crippen LogP contribution in [0.5, 0.6) is 5.75 Å². The molecule has 1 amide bonds. The summed E-state index contributed by atoms with van der Waals surface area (Å²) in [6.45, 7) is 1.29. The van der Waals surface area contributed by atoms with Crippen LogP contribution in [0.1, 0.15) is 5.56 Å². The first-order valence-corrected chi connectivity index (χ1v) is 6.19. The first-order valence-electron chi connectivity index (χ1n) is 6.19. The van der Waals surface area contributed by atoms with E-state index >= 15 is 0 Å². The zero-order chi connectivity index (χ0) is 15.4. The zero-order valence-electron chi connectivity index (χ0n) is 11.3. The number of ether oxygens (including phenoxy) is 1. The van der Waals surface area contributed by atoms with Crippen molar-refractivity contribution in [3.8, 4) is 5.75 Å². The second-order valence-corrected chi connectivity index (χ2v) is 4.48. The number of hydrogen-bond donors (Lipinski definition) is 2. The van der Waals surface area contributed by atoms with Crippen LogP contribution in [0, 0.1) is 18.6 Å². The van der Waals surface area contributed by atoms with Crippen molar-refractivity contribution in [2.75, 3.05) is 17.7 Å². The molecule has 0 aliphatic heterocycles. The largest absolute Gasteiger partial charge is 0.484 e. The number of aryl methyl sites for hydroxylation is 1. The monoisotopic (exact) mass is 292 g/mol. The molecule has 0 atom stereocenters. The quantitative estimate of drug-likeness (QED) is 0.852. The van der Waals surface area contributed by atoms with Crippen LogP contribution in [0.25, 0.3) is 0 Å². The fourth-order valence-corrected chi connectivity index (χ4v) is 1.64. The third kappa shape index (κ3) is 3.92. The van der Waals surface area contributed by atoms with Gasteiger partial charge in [0, 0.05) is 6.07 Å². The van der Waals surface area contributed by atoms with Crippen LogP contribution in [-0.4, -0.2) is 12.5 Å². The molecule has 0 radical (unpaired) electrons. The molecule has 0 aliphatic carbocycles. The molecule has 0 fully saturated rings. The molecule has 4 nitrogen and oxygen atoms in total. The summed E-state index contributed by atoms with van der Waals surface area (Å²) in [6.07, 6.45) is 0. The van der Waals surface area contributed by atoms with Crippen molar-refractivity contribution < 1.29 is 18.3 Å². The smallest absolute Gasteiger partial charge is 0.262 e. The minimum absolute atomic E-state index is 0.165. The number of rotatable bonds is 4. The van der Waals surface area contributed by atoms with Gasteiger partial charge in [-0.2, -0.15) is 0 Å². The Labute approximate surface area is 120 Å². The van der Waals surface area contributed by atoms with Gasteiger partial charge in [-0.25, -0.2) is 8.78 Å². The van der Waals surface area contributed by atoms with Gasteiger partial charge in [-0.3, -0.25) is 4.79 Å². The number of halogens is 2. The van der Waals surface area contributed by atoms with E-state index in [4.69, 9.17) is 10.5 Å². The lowest BCUT2D eigenvalue weighted by Gasteiger charge is -2.10. The van der Waals surface area contributed by atoms with E-state index in [2.05, 4.69) is 5.32 Å². The number of amides is 1. The average Bonchev–Trinajstić information content (AvgIpc) is 2.44. The van der Waals surface area contributed by atoms with Crippen LogP contribution in [-0.2, 0) is 4.79 Å². The highest BCUT2D eigenvalue weighted by Gasteiger charge is 2.08. The van der Waals surface area contributed by atoms with E-state index in [1.807, 2.05) is 0 Å². The molecule has 0 saturated carbocycles. The van der Waals surface area contributed by atoms with E-state index in [1.54, 1.807) is 19.1 Å². The standard InChI is InChI=1S/C15H14F2N2O2/c1-9-2-4-11(7-12(9)17)21-8-15(20)19-14-6-10(16)3-5-13(14)18/h2-7H,8,18H2,1H3,(H,19,20). The molecule has 2 rings (SSSR count). The molecular weight excluding hydrogens is 278 g/mol. The molecule has 0 spiro atoms. The Hall–Kier alpha value is -2.63. The number of nitrogens with one attached hydrogen (secondary N) is 1. The molecule has 2 aromatic rings. The molecule has 0 bridgehead atoms. The average molecular weight is 292 g/mol. The second-order valence-electron chi connectivity index (χ2n) is 4.48. The minimum atomic E-state index is -0.520. The van der Waals surface area contributed by atoms with Crippen LogP contribution >= 0.6 is 0 Å². The summed E-state index contributed by atoms with van der Waals surface area (Å²) in [6, 6.07) is 7.95. The molecule has 110 valence electrons. The third-order valence-corrected chi connectivity index (χ3v) is 2.80. The van der Waals surface area contributed by atoms with E-state index in [-0.39, 0.29) is 23.7 Å². The first kappa shape index (κ1) is 14.8. The highest BCUT2D eigenvalue weighted by Crippen LogP contribution is 2.19. The topological polar surface area (TPSA) is 64.3 Å². The summed E-state index contributed by atoms with van der Waals surface area (Å²) in [5.74, 6) is -1.21. The van der Waals surface area contributed by atoms with Crippen LogP contribution in [0.2, 0.25) is 0 Å². The van der Waals surface area contributed by atoms with Crippen molar-refractivity contribution in [3.05, 3.63) is 53.6 Å². The van der Waals surface area contributed by atoms with Gasteiger partial charge in [0.2, 0.25) is 0 Å². The highest BCUT2D eigenvalue weighted by atomic mass is 19.1. The predicted octanol–water partition coefficient (Wildman–Crippen LogP) is 2.87. The summed E-state index contributed by atoms with van der Waals surface area (Å²) < 4.78 is 31.5. The molecule has 3 N–H and O–H groups in total.